The molecule has 0 saturated carbocycles. The number of nitrogens with zero attached hydrogens (tertiary/aromatic N) is 2. The minimum atomic E-state index is 0.563. The smallest absolute Gasteiger partial charge is 0.185 e. The maximum Gasteiger partial charge on any atom is 0.185 e. The second-order valence-corrected chi connectivity index (χ2v) is 8.42. The number of aromatic nitrogens is 1. The van der Waals surface area contributed by atoms with E-state index in [4.69, 9.17) is 0 Å². The zero-order chi connectivity index (χ0) is 17.6. The third-order valence-corrected chi connectivity index (χ3v) is 6.38. The molecule has 136 valence electrons. The van der Waals surface area contributed by atoms with Crippen molar-refractivity contribution in [3.63, 3.8) is 0 Å². The van der Waals surface area contributed by atoms with E-state index in [1.165, 1.54) is 41.9 Å². The molecule has 1 aromatic heterocycles. The molecule has 0 saturated heterocycles. The Labute approximate surface area is 156 Å². The van der Waals surface area contributed by atoms with Crippen LogP contribution in [0.2, 0.25) is 0 Å². The Balaban J connectivity index is 1.69. The van der Waals surface area contributed by atoms with Crippen LogP contribution in [0.4, 0.5) is 5.13 Å². The molecule has 1 heterocycles. The summed E-state index contributed by atoms with van der Waals surface area (Å²) >= 11 is 1.78. The fraction of sp³-hybridized carbons (Fsp3) is 0.571. The molecule has 3 nitrogen and oxygen atoms in total. The normalized spacial score (nSPS) is 15.5. The monoisotopic (exact) mass is 358 g/mol. The Morgan fingerprint density at radius 2 is 1.92 bits per heavy atom. The van der Waals surface area contributed by atoms with Crippen LogP contribution in [0.5, 0.6) is 0 Å². The van der Waals surface area contributed by atoms with Crippen molar-refractivity contribution in [1.82, 2.24) is 4.98 Å². The van der Waals surface area contributed by atoms with Gasteiger partial charge in [-0.05, 0) is 36.8 Å². The van der Waals surface area contributed by atoms with Crippen LogP contribution < -0.4 is 9.80 Å². The number of thiazole rings is 1. The summed E-state index contributed by atoms with van der Waals surface area (Å²) in [6.07, 6.45) is 9.46. The molecule has 1 aromatic carbocycles. The summed E-state index contributed by atoms with van der Waals surface area (Å²) in [7, 11) is 4.61. The molecule has 2 aromatic rings. The van der Waals surface area contributed by atoms with Gasteiger partial charge in [-0.3, -0.25) is 0 Å². The first-order valence-electron chi connectivity index (χ1n) is 9.72. The van der Waals surface area contributed by atoms with Crippen LogP contribution >= 0.6 is 11.3 Å². The van der Waals surface area contributed by atoms with E-state index in [0.717, 1.165) is 25.4 Å². The number of anilines is 1. The molecule has 1 unspecified atom stereocenters. The van der Waals surface area contributed by atoms with Crippen LogP contribution in [0.15, 0.2) is 35.8 Å². The largest absolute Gasteiger partial charge is 0.344 e. The van der Waals surface area contributed by atoms with Gasteiger partial charge in [0.1, 0.15) is 0 Å². The minimum absolute atomic E-state index is 0.563. The van der Waals surface area contributed by atoms with Gasteiger partial charge in [0.15, 0.2) is 5.13 Å². The van der Waals surface area contributed by atoms with Gasteiger partial charge >= 0.3 is 0 Å². The van der Waals surface area contributed by atoms with Gasteiger partial charge in [0.05, 0.1) is 20.1 Å². The fourth-order valence-corrected chi connectivity index (χ4v) is 4.76. The number of rotatable bonds is 9. The molecule has 1 aliphatic rings. The maximum atomic E-state index is 4.65. The lowest BCUT2D eigenvalue weighted by Crippen LogP contribution is -3.10. The molecule has 1 aliphatic carbocycles. The van der Waals surface area contributed by atoms with E-state index in [0.29, 0.717) is 6.04 Å². The van der Waals surface area contributed by atoms with Crippen molar-refractivity contribution < 1.29 is 4.90 Å². The Morgan fingerprint density at radius 1 is 1.20 bits per heavy atom. The highest BCUT2D eigenvalue weighted by atomic mass is 32.1. The summed E-state index contributed by atoms with van der Waals surface area (Å²) in [6.45, 7) is 3.41. The molecular weight excluding hydrogens is 326 g/mol. The average Bonchev–Trinajstić information content (AvgIpc) is 3.27. The van der Waals surface area contributed by atoms with Gasteiger partial charge in [-0.25, -0.2) is 4.98 Å². The topological polar surface area (TPSA) is 20.6 Å². The summed E-state index contributed by atoms with van der Waals surface area (Å²) < 4.78 is 0. The maximum absolute atomic E-state index is 4.65. The van der Waals surface area contributed by atoms with E-state index < -0.39 is 0 Å². The third-order valence-electron chi connectivity index (χ3n) is 5.58. The van der Waals surface area contributed by atoms with Crippen molar-refractivity contribution in [2.75, 3.05) is 25.5 Å². The number of hydrogen-bond donors (Lipinski definition) is 1. The SMILES string of the molecule is CCCCC(CCN(c1nccs1)C1Cc2ccccc2C1)[NH+](C)C. The number of benzene rings is 1. The van der Waals surface area contributed by atoms with Crippen molar-refractivity contribution in [3.8, 4) is 0 Å². The molecule has 25 heavy (non-hydrogen) atoms. The minimum Gasteiger partial charge on any atom is -0.344 e. The second kappa shape index (κ2) is 8.81. The molecule has 0 amide bonds. The van der Waals surface area contributed by atoms with Gasteiger partial charge in [0.25, 0.3) is 0 Å². The van der Waals surface area contributed by atoms with E-state index in [9.17, 15) is 0 Å². The van der Waals surface area contributed by atoms with Gasteiger partial charge in [0, 0.05) is 30.6 Å². The summed E-state index contributed by atoms with van der Waals surface area (Å²) in [5.74, 6) is 0. The predicted octanol–water partition coefficient (Wildman–Crippen LogP) is 3.21. The van der Waals surface area contributed by atoms with Crippen molar-refractivity contribution in [3.05, 3.63) is 47.0 Å². The van der Waals surface area contributed by atoms with Crippen LogP contribution in [-0.4, -0.2) is 37.7 Å². The van der Waals surface area contributed by atoms with Crippen LogP contribution in [-0.2, 0) is 12.8 Å². The van der Waals surface area contributed by atoms with E-state index in [-0.39, 0.29) is 0 Å². The summed E-state index contributed by atoms with van der Waals surface area (Å²) in [4.78, 5) is 8.82. The quantitative estimate of drug-likeness (QED) is 0.743. The lowest BCUT2D eigenvalue weighted by Gasteiger charge is -2.31. The second-order valence-electron chi connectivity index (χ2n) is 7.54. The zero-order valence-electron chi connectivity index (χ0n) is 15.9. The number of quaternary nitrogens is 1. The fourth-order valence-electron chi connectivity index (χ4n) is 4.02. The number of nitrogens with one attached hydrogen (secondary N) is 1. The molecular formula is C21H32N3S+. The molecule has 0 spiro atoms. The number of fused-ring (bicyclic) bond motifs is 1. The Morgan fingerprint density at radius 3 is 2.48 bits per heavy atom. The van der Waals surface area contributed by atoms with Crippen LogP contribution in [0, 0.1) is 0 Å². The summed E-state index contributed by atoms with van der Waals surface area (Å²) in [5, 5.41) is 3.30. The standard InChI is InChI=1S/C21H31N3S/c1-4-5-10-19(23(2)3)11-13-24(21-22-12-14-25-21)20-15-17-8-6-7-9-18(17)16-20/h6-9,12,14,19-20H,4-5,10-11,13,15-16H2,1-3H3/p+1. The molecule has 0 bridgehead atoms. The third kappa shape index (κ3) is 4.62. The van der Waals surface area contributed by atoms with Crippen molar-refractivity contribution in [1.29, 1.82) is 0 Å². The van der Waals surface area contributed by atoms with E-state index >= 15 is 0 Å². The lowest BCUT2D eigenvalue weighted by molar-refractivity contribution is -0.886. The average molecular weight is 359 g/mol. The van der Waals surface area contributed by atoms with E-state index in [2.05, 4.69) is 60.5 Å². The van der Waals surface area contributed by atoms with Crippen molar-refractivity contribution in [2.24, 2.45) is 0 Å². The van der Waals surface area contributed by atoms with Gasteiger partial charge in [0.2, 0.25) is 0 Å². The highest BCUT2D eigenvalue weighted by Crippen LogP contribution is 2.30. The first-order valence-corrected chi connectivity index (χ1v) is 10.6. The highest BCUT2D eigenvalue weighted by Gasteiger charge is 2.29. The summed E-state index contributed by atoms with van der Waals surface area (Å²) in [5.41, 5.74) is 3.05. The summed E-state index contributed by atoms with van der Waals surface area (Å²) in [6, 6.07) is 10.2. The van der Waals surface area contributed by atoms with Gasteiger partial charge in [-0.1, -0.05) is 37.6 Å². The molecule has 0 radical (unpaired) electrons. The molecule has 4 heteroatoms. The van der Waals surface area contributed by atoms with Gasteiger partial charge in [-0.2, -0.15) is 0 Å². The molecule has 3 rings (SSSR count). The van der Waals surface area contributed by atoms with E-state index in [1.54, 1.807) is 16.2 Å². The number of unbranched alkanes of at least 4 members (excludes halogenated alkanes) is 1. The van der Waals surface area contributed by atoms with Crippen LogP contribution in [0.1, 0.15) is 43.7 Å². The molecule has 1 N–H and O–H groups in total. The predicted molar refractivity (Wildman–Crippen MR) is 108 cm³/mol. The molecule has 0 fully saturated rings. The van der Waals surface area contributed by atoms with Crippen molar-refractivity contribution >= 4 is 16.5 Å². The Hall–Kier alpha value is -1.39. The molecule has 0 aliphatic heterocycles. The van der Waals surface area contributed by atoms with Crippen LogP contribution in [0.25, 0.3) is 0 Å². The Kier molecular flexibility index (Phi) is 6.49. The highest BCUT2D eigenvalue weighted by molar-refractivity contribution is 7.13. The number of hydrogen-bond acceptors (Lipinski definition) is 3. The first kappa shape index (κ1) is 18.4. The van der Waals surface area contributed by atoms with Crippen molar-refractivity contribution in [2.45, 2.75) is 57.5 Å². The van der Waals surface area contributed by atoms with Gasteiger partial charge < -0.3 is 9.80 Å². The first-order chi connectivity index (χ1) is 12.2. The van der Waals surface area contributed by atoms with Gasteiger partial charge in [-0.15, -0.1) is 11.3 Å². The Bertz CT molecular complexity index is 613. The van der Waals surface area contributed by atoms with Crippen LogP contribution in [0.3, 0.4) is 0 Å². The molecule has 1 atom stereocenters. The zero-order valence-corrected chi connectivity index (χ0v) is 16.7. The van der Waals surface area contributed by atoms with E-state index in [1.807, 2.05) is 6.20 Å². The lowest BCUT2D eigenvalue weighted by atomic mass is 10.0.